The molecule has 0 unspecified atom stereocenters. The van der Waals surface area contributed by atoms with Crippen LogP contribution in [0.3, 0.4) is 0 Å². The summed E-state index contributed by atoms with van der Waals surface area (Å²) in [5.41, 5.74) is 10.8. The van der Waals surface area contributed by atoms with E-state index in [1.165, 1.54) is 10.8 Å². The number of aryl methyl sites for hydroxylation is 2. The van der Waals surface area contributed by atoms with Gasteiger partial charge in [0.15, 0.2) is 0 Å². The van der Waals surface area contributed by atoms with Crippen LogP contribution in [0.2, 0.25) is 0 Å². The monoisotopic (exact) mass is 660 g/mol. The SMILES string of the molecule is Cc1cc(CN(C)CCN(C)Cc2cc(C)cc(-n3c4ccccc4c4ccccc43)c2O)c(O)c(Nc2ccccc2-c2ccccc2)c1. The van der Waals surface area contributed by atoms with Crippen molar-refractivity contribution in [3.63, 3.8) is 0 Å². The molecule has 7 aromatic rings. The quantitative estimate of drug-likeness (QED) is 0.121. The number of nitrogens with zero attached hydrogens (tertiary/aromatic N) is 3. The normalized spacial score (nSPS) is 11.6. The van der Waals surface area contributed by atoms with Crippen LogP contribution in [-0.2, 0) is 13.1 Å². The predicted molar refractivity (Wildman–Crippen MR) is 208 cm³/mol. The van der Waals surface area contributed by atoms with Gasteiger partial charge < -0.3 is 29.9 Å². The van der Waals surface area contributed by atoms with Crippen LogP contribution >= 0.6 is 0 Å². The van der Waals surface area contributed by atoms with Crippen molar-refractivity contribution >= 4 is 33.2 Å². The second kappa shape index (κ2) is 14.1. The number of phenols is 2. The van der Waals surface area contributed by atoms with Crippen molar-refractivity contribution in [1.82, 2.24) is 14.4 Å². The zero-order chi connectivity index (χ0) is 34.8. The first-order valence-electron chi connectivity index (χ1n) is 17.2. The van der Waals surface area contributed by atoms with E-state index in [2.05, 4.69) is 133 Å². The number of fused-ring (bicyclic) bond motifs is 3. The summed E-state index contributed by atoms with van der Waals surface area (Å²) in [7, 11) is 4.17. The van der Waals surface area contributed by atoms with Crippen LogP contribution in [0.4, 0.5) is 11.4 Å². The largest absolute Gasteiger partial charge is 0.505 e. The van der Waals surface area contributed by atoms with Crippen molar-refractivity contribution in [3.8, 4) is 28.3 Å². The minimum absolute atomic E-state index is 0.265. The van der Waals surface area contributed by atoms with E-state index in [0.717, 1.165) is 68.9 Å². The van der Waals surface area contributed by atoms with Crippen molar-refractivity contribution in [2.24, 2.45) is 0 Å². The molecule has 1 heterocycles. The Morgan fingerprint density at radius 3 is 1.72 bits per heavy atom. The van der Waals surface area contributed by atoms with Crippen molar-refractivity contribution in [1.29, 1.82) is 0 Å². The Bertz CT molecular complexity index is 2240. The lowest BCUT2D eigenvalue weighted by molar-refractivity contribution is 0.243. The number of hydrogen-bond donors (Lipinski definition) is 3. The predicted octanol–water partition coefficient (Wildman–Crippen LogP) is 9.79. The number of nitrogens with one attached hydrogen (secondary N) is 1. The Labute approximate surface area is 294 Å². The second-order valence-corrected chi connectivity index (χ2v) is 13.5. The minimum atomic E-state index is 0.265. The van der Waals surface area contributed by atoms with Crippen molar-refractivity contribution in [2.45, 2.75) is 26.9 Å². The third kappa shape index (κ3) is 6.68. The molecule has 3 N–H and O–H groups in total. The van der Waals surface area contributed by atoms with E-state index >= 15 is 0 Å². The first kappa shape index (κ1) is 33.0. The van der Waals surface area contributed by atoms with E-state index in [1.807, 2.05) is 42.5 Å². The van der Waals surface area contributed by atoms with Gasteiger partial charge in [0.1, 0.15) is 11.5 Å². The third-order valence-corrected chi connectivity index (χ3v) is 9.49. The molecule has 0 aliphatic heterocycles. The average Bonchev–Trinajstić information content (AvgIpc) is 3.45. The second-order valence-electron chi connectivity index (χ2n) is 13.5. The Kier molecular flexibility index (Phi) is 9.31. The van der Waals surface area contributed by atoms with Gasteiger partial charge in [-0.05, 0) is 75.0 Å². The maximum Gasteiger partial charge on any atom is 0.144 e. The number of hydrogen-bond acceptors (Lipinski definition) is 5. The summed E-state index contributed by atoms with van der Waals surface area (Å²) in [5.74, 6) is 0.571. The molecule has 0 spiro atoms. The molecule has 0 amide bonds. The lowest BCUT2D eigenvalue weighted by Crippen LogP contribution is -2.30. The number of rotatable bonds is 11. The summed E-state index contributed by atoms with van der Waals surface area (Å²) in [6.45, 7) is 6.94. The molecule has 0 bridgehead atoms. The van der Waals surface area contributed by atoms with Gasteiger partial charge in [0.25, 0.3) is 0 Å². The van der Waals surface area contributed by atoms with Gasteiger partial charge >= 0.3 is 0 Å². The van der Waals surface area contributed by atoms with E-state index in [9.17, 15) is 10.2 Å². The summed E-state index contributed by atoms with van der Waals surface area (Å²) in [6, 6.07) is 43.4. The summed E-state index contributed by atoms with van der Waals surface area (Å²) in [4.78, 5) is 4.47. The Hall–Kier alpha value is -5.56. The van der Waals surface area contributed by atoms with Gasteiger partial charge in [0.2, 0.25) is 0 Å². The van der Waals surface area contributed by atoms with Crippen LogP contribution in [0, 0.1) is 13.8 Å². The standard InChI is InChI=1S/C44H44N4O2/c1-30-24-33(43(49)39(26-30)45-38-19-11-8-16-35(38)32-14-6-5-7-15-32)28-46(3)22-23-47(4)29-34-25-31(2)27-42(44(34)50)48-40-20-12-9-17-36(40)37-18-10-13-21-41(37)48/h5-21,24-27,45,49-50H,22-23,28-29H2,1-4H3. The molecule has 0 saturated heterocycles. The van der Waals surface area contributed by atoms with Gasteiger partial charge in [-0.3, -0.25) is 0 Å². The zero-order valence-corrected chi connectivity index (χ0v) is 29.2. The van der Waals surface area contributed by atoms with Gasteiger partial charge in [-0.25, -0.2) is 0 Å². The molecule has 6 heteroatoms. The highest BCUT2D eigenvalue weighted by Gasteiger charge is 2.18. The summed E-state index contributed by atoms with van der Waals surface area (Å²) < 4.78 is 2.18. The maximum absolute atomic E-state index is 11.7. The number of aromatic hydroxyl groups is 2. The van der Waals surface area contributed by atoms with Crippen molar-refractivity contribution in [2.75, 3.05) is 32.5 Å². The lowest BCUT2D eigenvalue weighted by atomic mass is 10.0. The van der Waals surface area contributed by atoms with Crippen LogP contribution in [0.5, 0.6) is 11.5 Å². The van der Waals surface area contributed by atoms with Crippen LogP contribution in [0.1, 0.15) is 22.3 Å². The Morgan fingerprint density at radius 2 is 1.08 bits per heavy atom. The fourth-order valence-electron chi connectivity index (χ4n) is 7.06. The van der Waals surface area contributed by atoms with Crippen LogP contribution in [0.15, 0.2) is 127 Å². The van der Waals surface area contributed by atoms with Crippen LogP contribution in [-0.4, -0.2) is 51.8 Å². The number of phenolic OH excluding ortho intramolecular Hbond substituents is 2. The summed E-state index contributed by atoms with van der Waals surface area (Å²) in [5, 5.41) is 29.0. The van der Waals surface area contributed by atoms with Gasteiger partial charge in [-0.15, -0.1) is 0 Å². The lowest BCUT2D eigenvalue weighted by Gasteiger charge is -2.24. The molecule has 6 nitrogen and oxygen atoms in total. The van der Waals surface area contributed by atoms with Crippen LogP contribution < -0.4 is 5.32 Å². The molecular formula is C44H44N4O2. The van der Waals surface area contributed by atoms with Gasteiger partial charge in [0, 0.05) is 59.3 Å². The fraction of sp³-hybridized carbons (Fsp3) is 0.182. The summed E-state index contributed by atoms with van der Waals surface area (Å²) in [6.07, 6.45) is 0. The third-order valence-electron chi connectivity index (χ3n) is 9.49. The van der Waals surface area contributed by atoms with Crippen molar-refractivity contribution in [3.05, 3.63) is 150 Å². The highest BCUT2D eigenvalue weighted by molar-refractivity contribution is 6.09. The van der Waals surface area contributed by atoms with Gasteiger partial charge in [0.05, 0.1) is 22.4 Å². The number of benzene rings is 6. The number of aromatic nitrogens is 1. The molecule has 7 rings (SSSR count). The van der Waals surface area contributed by atoms with E-state index in [-0.39, 0.29) is 5.75 Å². The molecular weight excluding hydrogens is 617 g/mol. The molecule has 0 atom stereocenters. The molecule has 0 fully saturated rings. The molecule has 6 aromatic carbocycles. The van der Waals surface area contributed by atoms with E-state index in [1.54, 1.807) is 0 Å². The number of anilines is 2. The van der Waals surface area contributed by atoms with E-state index < -0.39 is 0 Å². The highest BCUT2D eigenvalue weighted by atomic mass is 16.3. The molecule has 0 radical (unpaired) electrons. The van der Waals surface area contributed by atoms with Crippen LogP contribution in [0.25, 0.3) is 38.6 Å². The smallest absolute Gasteiger partial charge is 0.144 e. The first-order valence-corrected chi connectivity index (χ1v) is 17.2. The molecule has 50 heavy (non-hydrogen) atoms. The Balaban J connectivity index is 1.05. The fourth-order valence-corrected chi connectivity index (χ4v) is 7.06. The van der Waals surface area contributed by atoms with E-state index in [4.69, 9.17) is 0 Å². The minimum Gasteiger partial charge on any atom is -0.505 e. The molecule has 0 saturated carbocycles. The Morgan fingerprint density at radius 1 is 0.560 bits per heavy atom. The van der Waals surface area contributed by atoms with Gasteiger partial charge in [-0.1, -0.05) is 97.1 Å². The number of likely N-dealkylation sites (N-methyl/N-ethyl adjacent to an activating group) is 2. The average molecular weight is 661 g/mol. The molecule has 0 aliphatic carbocycles. The molecule has 0 aliphatic rings. The molecule has 1 aromatic heterocycles. The zero-order valence-electron chi connectivity index (χ0n) is 29.2. The molecule has 252 valence electrons. The van der Waals surface area contributed by atoms with Crippen molar-refractivity contribution < 1.29 is 10.2 Å². The summed E-state index contributed by atoms with van der Waals surface area (Å²) >= 11 is 0. The topological polar surface area (TPSA) is 63.9 Å². The highest BCUT2D eigenvalue weighted by Crippen LogP contribution is 2.38. The van der Waals surface area contributed by atoms with Gasteiger partial charge in [-0.2, -0.15) is 0 Å². The van der Waals surface area contributed by atoms with E-state index in [0.29, 0.717) is 24.5 Å². The number of para-hydroxylation sites is 3. The maximum atomic E-state index is 11.7. The first-order chi connectivity index (χ1) is 24.3.